The van der Waals surface area contributed by atoms with Crippen molar-refractivity contribution in [1.29, 1.82) is 0 Å². The predicted molar refractivity (Wildman–Crippen MR) is 102 cm³/mol. The fourth-order valence-corrected chi connectivity index (χ4v) is 3.07. The first-order valence-corrected chi connectivity index (χ1v) is 8.90. The average Bonchev–Trinajstić information content (AvgIpc) is 3.07. The molecule has 8 heteroatoms. The molecular formula is C19H24N4O4. The Morgan fingerprint density at radius 3 is 2.44 bits per heavy atom. The van der Waals surface area contributed by atoms with Crippen molar-refractivity contribution in [1.82, 2.24) is 18.7 Å². The fourth-order valence-electron chi connectivity index (χ4n) is 3.07. The molecule has 1 atom stereocenters. The summed E-state index contributed by atoms with van der Waals surface area (Å²) in [4.78, 5) is 29.6. The molecule has 3 rings (SSSR count). The number of aromatic nitrogens is 4. The maximum Gasteiger partial charge on any atom is 0.332 e. The number of rotatable bonds is 7. The molecule has 1 aromatic carbocycles. The van der Waals surface area contributed by atoms with Gasteiger partial charge in [-0.2, -0.15) is 4.98 Å². The standard InChI is InChI=1S/C19H24N4O4/c1-5-26-11-12-27-18-20-16-15(17(24)22(4)19(25)21(16)3)23(18)13(2)14-9-7-6-8-10-14/h6-10,13H,5,11-12H2,1-4H3/t13-/m0/s1. The normalized spacial score (nSPS) is 12.4. The van der Waals surface area contributed by atoms with E-state index < -0.39 is 11.2 Å². The second-order valence-corrected chi connectivity index (χ2v) is 6.27. The molecule has 0 radical (unpaired) electrons. The topological polar surface area (TPSA) is 80.3 Å². The summed E-state index contributed by atoms with van der Waals surface area (Å²) < 4.78 is 15.3. The van der Waals surface area contributed by atoms with Crippen molar-refractivity contribution in [3.63, 3.8) is 0 Å². The highest BCUT2D eigenvalue weighted by Gasteiger charge is 2.24. The first-order valence-electron chi connectivity index (χ1n) is 8.90. The highest BCUT2D eigenvalue weighted by Crippen LogP contribution is 2.27. The van der Waals surface area contributed by atoms with Gasteiger partial charge in [0.15, 0.2) is 11.2 Å². The number of fused-ring (bicyclic) bond motifs is 1. The molecule has 0 aliphatic carbocycles. The molecule has 0 aliphatic rings. The number of benzene rings is 1. The minimum Gasteiger partial charge on any atom is -0.462 e. The van der Waals surface area contributed by atoms with Crippen molar-refractivity contribution in [3.05, 3.63) is 56.7 Å². The van der Waals surface area contributed by atoms with Gasteiger partial charge in [0.1, 0.15) is 6.61 Å². The highest BCUT2D eigenvalue weighted by atomic mass is 16.5. The van der Waals surface area contributed by atoms with Crippen LogP contribution in [0.25, 0.3) is 11.2 Å². The van der Waals surface area contributed by atoms with Crippen molar-refractivity contribution < 1.29 is 9.47 Å². The fraction of sp³-hybridized carbons (Fsp3) is 0.421. The molecule has 0 unspecified atom stereocenters. The van der Waals surface area contributed by atoms with Gasteiger partial charge >= 0.3 is 5.69 Å². The number of aryl methyl sites for hydroxylation is 1. The molecule has 2 heterocycles. The lowest BCUT2D eigenvalue weighted by Crippen LogP contribution is -2.37. The van der Waals surface area contributed by atoms with Crippen LogP contribution >= 0.6 is 0 Å². The van der Waals surface area contributed by atoms with Crippen LogP contribution in [0, 0.1) is 0 Å². The van der Waals surface area contributed by atoms with Crippen molar-refractivity contribution in [2.24, 2.45) is 14.1 Å². The van der Waals surface area contributed by atoms with Crippen LogP contribution in [0.3, 0.4) is 0 Å². The minimum absolute atomic E-state index is 0.205. The van der Waals surface area contributed by atoms with E-state index in [1.807, 2.05) is 44.2 Å². The van der Waals surface area contributed by atoms with E-state index in [1.54, 1.807) is 11.6 Å². The van der Waals surface area contributed by atoms with Crippen LogP contribution in [-0.4, -0.2) is 38.5 Å². The van der Waals surface area contributed by atoms with Gasteiger partial charge in [-0.15, -0.1) is 0 Å². The largest absolute Gasteiger partial charge is 0.462 e. The summed E-state index contributed by atoms with van der Waals surface area (Å²) in [5.74, 6) is 0. The van der Waals surface area contributed by atoms with Crippen molar-refractivity contribution in [2.75, 3.05) is 19.8 Å². The molecule has 0 fully saturated rings. The van der Waals surface area contributed by atoms with E-state index in [1.165, 1.54) is 11.6 Å². The van der Waals surface area contributed by atoms with E-state index in [0.717, 1.165) is 10.1 Å². The molecule has 0 saturated heterocycles. The van der Waals surface area contributed by atoms with Gasteiger partial charge in [0.25, 0.3) is 11.6 Å². The smallest absolute Gasteiger partial charge is 0.332 e. The first-order chi connectivity index (χ1) is 13.0. The molecule has 144 valence electrons. The van der Waals surface area contributed by atoms with E-state index in [0.29, 0.717) is 37.0 Å². The van der Waals surface area contributed by atoms with Crippen LogP contribution in [0.1, 0.15) is 25.5 Å². The summed E-state index contributed by atoms with van der Waals surface area (Å²) in [7, 11) is 3.06. The lowest BCUT2D eigenvalue weighted by molar-refractivity contribution is 0.104. The van der Waals surface area contributed by atoms with Gasteiger partial charge in [-0.25, -0.2) is 4.79 Å². The number of imidazole rings is 1. The molecule has 0 amide bonds. The van der Waals surface area contributed by atoms with Crippen LogP contribution in [0.2, 0.25) is 0 Å². The molecule has 27 heavy (non-hydrogen) atoms. The number of hydrogen-bond acceptors (Lipinski definition) is 5. The summed E-state index contributed by atoms with van der Waals surface area (Å²) in [5, 5.41) is 0. The van der Waals surface area contributed by atoms with Gasteiger partial charge in [0, 0.05) is 20.7 Å². The summed E-state index contributed by atoms with van der Waals surface area (Å²) in [6.45, 7) is 5.18. The Morgan fingerprint density at radius 1 is 1.07 bits per heavy atom. The summed E-state index contributed by atoms with van der Waals surface area (Å²) >= 11 is 0. The second-order valence-electron chi connectivity index (χ2n) is 6.27. The van der Waals surface area contributed by atoms with Gasteiger partial charge in [-0.1, -0.05) is 30.3 Å². The van der Waals surface area contributed by atoms with Crippen molar-refractivity contribution in [2.45, 2.75) is 19.9 Å². The van der Waals surface area contributed by atoms with Crippen LogP contribution in [0.5, 0.6) is 6.01 Å². The molecule has 0 spiro atoms. The van der Waals surface area contributed by atoms with E-state index in [2.05, 4.69) is 4.98 Å². The minimum atomic E-state index is -0.426. The molecule has 3 aromatic rings. The molecule has 0 saturated carbocycles. The third-order valence-electron chi connectivity index (χ3n) is 4.59. The Kier molecular flexibility index (Phi) is 5.46. The van der Waals surface area contributed by atoms with Gasteiger partial charge in [0.05, 0.1) is 12.6 Å². The van der Waals surface area contributed by atoms with E-state index >= 15 is 0 Å². The molecule has 0 aliphatic heterocycles. The second kappa shape index (κ2) is 7.79. The maximum absolute atomic E-state index is 12.9. The first kappa shape index (κ1) is 18.9. The average molecular weight is 372 g/mol. The Bertz CT molecular complexity index is 1050. The molecule has 0 N–H and O–H groups in total. The molecule has 0 bridgehead atoms. The van der Waals surface area contributed by atoms with E-state index in [4.69, 9.17) is 9.47 Å². The van der Waals surface area contributed by atoms with Crippen LogP contribution in [0.4, 0.5) is 0 Å². The molecular weight excluding hydrogens is 348 g/mol. The van der Waals surface area contributed by atoms with Gasteiger partial charge in [-0.3, -0.25) is 18.5 Å². The summed E-state index contributed by atoms with van der Waals surface area (Å²) in [6, 6.07) is 9.86. The maximum atomic E-state index is 12.9. The Hall–Kier alpha value is -2.87. The quantitative estimate of drug-likeness (QED) is 0.587. The summed E-state index contributed by atoms with van der Waals surface area (Å²) in [5.41, 5.74) is 0.815. The van der Waals surface area contributed by atoms with Crippen molar-refractivity contribution >= 4 is 11.2 Å². The zero-order valence-corrected chi connectivity index (χ0v) is 16.0. The zero-order valence-electron chi connectivity index (χ0n) is 16.0. The van der Waals surface area contributed by atoms with Crippen LogP contribution in [0.15, 0.2) is 39.9 Å². The van der Waals surface area contributed by atoms with E-state index in [-0.39, 0.29) is 6.04 Å². The van der Waals surface area contributed by atoms with Crippen molar-refractivity contribution in [3.8, 4) is 6.01 Å². The van der Waals surface area contributed by atoms with E-state index in [9.17, 15) is 9.59 Å². The third kappa shape index (κ3) is 3.40. The lowest BCUT2D eigenvalue weighted by atomic mass is 10.1. The van der Waals surface area contributed by atoms with Gasteiger partial charge in [0.2, 0.25) is 0 Å². The molecule has 8 nitrogen and oxygen atoms in total. The zero-order chi connectivity index (χ0) is 19.6. The van der Waals surface area contributed by atoms with Crippen LogP contribution < -0.4 is 16.0 Å². The SMILES string of the molecule is CCOCCOc1nc2c(c(=O)n(C)c(=O)n2C)n1[C@@H](C)c1ccccc1. The monoisotopic (exact) mass is 372 g/mol. The summed E-state index contributed by atoms with van der Waals surface area (Å²) in [6.07, 6.45) is 0. The van der Waals surface area contributed by atoms with Crippen LogP contribution in [-0.2, 0) is 18.8 Å². The Labute approximate surface area is 156 Å². The van der Waals surface area contributed by atoms with Gasteiger partial charge in [-0.05, 0) is 19.4 Å². The Morgan fingerprint density at radius 2 is 1.78 bits per heavy atom. The van der Waals surface area contributed by atoms with Gasteiger partial charge < -0.3 is 9.47 Å². The number of nitrogens with zero attached hydrogens (tertiary/aromatic N) is 4. The predicted octanol–water partition coefficient (Wildman–Crippen LogP) is 1.46. The lowest BCUT2D eigenvalue weighted by Gasteiger charge is -2.17. The molecule has 2 aromatic heterocycles. The third-order valence-corrected chi connectivity index (χ3v) is 4.59. The Balaban J connectivity index is 2.21. The highest BCUT2D eigenvalue weighted by molar-refractivity contribution is 5.72. The number of ether oxygens (including phenoxy) is 2. The number of hydrogen-bond donors (Lipinski definition) is 0.